The second-order valence-corrected chi connectivity index (χ2v) is 16.7. The third-order valence-corrected chi connectivity index (χ3v) is 10.7. The summed E-state index contributed by atoms with van der Waals surface area (Å²) in [4.78, 5) is 83.4. The van der Waals surface area contributed by atoms with E-state index in [1.54, 1.807) is 13.8 Å². The zero-order valence-corrected chi connectivity index (χ0v) is 37.3. The van der Waals surface area contributed by atoms with Gasteiger partial charge in [-0.25, -0.2) is 0 Å². The minimum Gasteiger partial charge on any atom is -0.370 e. The molecule has 1 aromatic rings. The molecule has 0 saturated heterocycles. The first-order valence-corrected chi connectivity index (χ1v) is 22.4. The number of nitrogens with two attached hydrogens (primary N) is 2. The second-order valence-electron chi connectivity index (χ2n) is 16.7. The molecule has 59 heavy (non-hydrogen) atoms. The molecule has 0 bridgehead atoms. The molecule has 0 aliphatic heterocycles. The Bertz CT molecular complexity index is 1420. The average molecular weight is 826 g/mol. The summed E-state index contributed by atoms with van der Waals surface area (Å²) in [6.07, 6.45) is 17.4. The third kappa shape index (κ3) is 25.1. The number of amides is 4. The fourth-order valence-corrected chi connectivity index (χ4v) is 7.11. The van der Waals surface area contributed by atoms with Gasteiger partial charge < -0.3 is 32.7 Å². The molecule has 0 aliphatic rings. The maximum atomic E-state index is 13.7. The number of nitrogens with zero attached hydrogens (tertiary/aromatic N) is 1. The van der Waals surface area contributed by atoms with Crippen LogP contribution < -0.4 is 32.7 Å². The molecule has 0 spiro atoms. The van der Waals surface area contributed by atoms with Crippen LogP contribution in [-0.2, 0) is 35.2 Å². The maximum Gasteiger partial charge on any atom is 0.243 e. The van der Waals surface area contributed by atoms with Crippen LogP contribution >= 0.6 is 0 Å². The number of hydrogen-bond acceptors (Lipinski definition) is 7. The van der Waals surface area contributed by atoms with E-state index in [1.807, 2.05) is 44.2 Å². The molecule has 1 rings (SSSR count). The molecule has 0 unspecified atom stereocenters. The van der Waals surface area contributed by atoms with Gasteiger partial charge in [0.15, 0.2) is 17.5 Å². The van der Waals surface area contributed by atoms with Crippen molar-refractivity contribution in [3.63, 3.8) is 0 Å². The van der Waals surface area contributed by atoms with E-state index in [0.29, 0.717) is 32.2 Å². The smallest absolute Gasteiger partial charge is 0.243 e. The predicted molar refractivity (Wildman–Crippen MR) is 237 cm³/mol. The summed E-state index contributed by atoms with van der Waals surface area (Å²) in [6.45, 7) is 9.66. The number of aliphatic imine (C=N–C) groups is 1. The largest absolute Gasteiger partial charge is 0.370 e. The van der Waals surface area contributed by atoms with Gasteiger partial charge in [0.05, 0.1) is 12.1 Å². The van der Waals surface area contributed by atoms with Crippen molar-refractivity contribution in [2.45, 2.75) is 181 Å². The molecule has 5 atom stereocenters. The second kappa shape index (κ2) is 31.6. The first kappa shape index (κ1) is 52.7. The molecule has 4 amide bonds. The molecule has 8 N–H and O–H groups in total. The number of Topliss-reactive ketones (excluding diaryl/α,β-unsaturated/α-hetero) is 2. The lowest BCUT2D eigenvalue weighted by molar-refractivity contribution is -0.134. The summed E-state index contributed by atoms with van der Waals surface area (Å²) in [5, 5.41) is 11.1. The molecule has 13 nitrogen and oxygen atoms in total. The van der Waals surface area contributed by atoms with Crippen molar-refractivity contribution in [1.29, 1.82) is 0 Å². The van der Waals surface area contributed by atoms with Gasteiger partial charge in [-0.15, -0.1) is 0 Å². The van der Waals surface area contributed by atoms with Crippen molar-refractivity contribution in [1.82, 2.24) is 21.3 Å². The van der Waals surface area contributed by atoms with Gasteiger partial charge in [0.2, 0.25) is 23.6 Å². The van der Waals surface area contributed by atoms with Crippen molar-refractivity contribution in [2.75, 3.05) is 13.6 Å². The lowest BCUT2D eigenvalue weighted by Gasteiger charge is -2.24. The summed E-state index contributed by atoms with van der Waals surface area (Å²) in [7, 11) is 1.50. The van der Waals surface area contributed by atoms with Crippen LogP contribution in [0.5, 0.6) is 0 Å². The van der Waals surface area contributed by atoms with Crippen LogP contribution in [0, 0.1) is 17.8 Å². The van der Waals surface area contributed by atoms with Crippen molar-refractivity contribution >= 4 is 41.2 Å². The van der Waals surface area contributed by atoms with Crippen LogP contribution in [0.4, 0.5) is 0 Å². The highest BCUT2D eigenvalue weighted by Gasteiger charge is 2.31. The lowest BCUT2D eigenvalue weighted by atomic mass is 9.90. The van der Waals surface area contributed by atoms with Gasteiger partial charge in [-0.3, -0.25) is 33.8 Å². The first-order valence-electron chi connectivity index (χ1n) is 22.4. The quantitative estimate of drug-likeness (QED) is 0.0267. The molecular formula is C46H79N7O6. The summed E-state index contributed by atoms with van der Waals surface area (Å²) < 4.78 is 0. The number of benzene rings is 1. The standard InChI is InChI=1S/C46H79N7O6/c1-7-8-9-10-11-12-13-14-15-16-17-18-22-27-42(56)52-39(29-33(2)3)45(59)51-35(5)40(54)30-34(4)43(57)53-38(31-36-24-20-19-21-25-36)41(55)32-37(44(58)49-6)26-23-28-50-46(47)48/h19-21,24-25,33-35,37-39H,7-18,22-23,26-32H2,1-6H3,(H,49,58)(H,51,59)(H,52,56)(H,53,57)(H4,47,48,50)/t34-,35+,37-,38+,39+/m1/s1. The fourth-order valence-electron chi connectivity index (χ4n) is 7.11. The third-order valence-electron chi connectivity index (χ3n) is 10.7. The Kier molecular flexibility index (Phi) is 28.2. The number of rotatable bonds is 34. The van der Waals surface area contributed by atoms with Gasteiger partial charge in [0, 0.05) is 44.7 Å². The van der Waals surface area contributed by atoms with Gasteiger partial charge in [-0.1, -0.05) is 135 Å². The van der Waals surface area contributed by atoms with Crippen molar-refractivity contribution in [3.05, 3.63) is 35.9 Å². The number of hydrogen-bond donors (Lipinski definition) is 6. The van der Waals surface area contributed by atoms with Crippen LogP contribution in [0.2, 0.25) is 0 Å². The normalized spacial score (nSPS) is 13.7. The van der Waals surface area contributed by atoms with Crippen molar-refractivity contribution in [2.24, 2.45) is 34.2 Å². The Morgan fingerprint density at radius 1 is 0.644 bits per heavy atom. The Morgan fingerprint density at radius 3 is 1.76 bits per heavy atom. The Morgan fingerprint density at radius 2 is 1.22 bits per heavy atom. The van der Waals surface area contributed by atoms with E-state index in [-0.39, 0.29) is 54.5 Å². The van der Waals surface area contributed by atoms with E-state index in [9.17, 15) is 28.8 Å². The maximum absolute atomic E-state index is 13.7. The Labute approximate surface area is 355 Å². The molecule has 0 saturated carbocycles. The predicted octanol–water partition coefficient (Wildman–Crippen LogP) is 6.20. The molecule has 0 aliphatic carbocycles. The number of carbonyl (C=O) groups is 6. The minimum atomic E-state index is -0.940. The number of nitrogens with one attached hydrogen (secondary N) is 4. The fraction of sp³-hybridized carbons (Fsp3) is 0.717. The summed E-state index contributed by atoms with van der Waals surface area (Å²) in [6, 6.07) is 6.60. The summed E-state index contributed by atoms with van der Waals surface area (Å²) >= 11 is 0. The van der Waals surface area contributed by atoms with E-state index < -0.39 is 41.8 Å². The monoisotopic (exact) mass is 826 g/mol. The first-order chi connectivity index (χ1) is 28.2. The zero-order valence-electron chi connectivity index (χ0n) is 37.3. The highest BCUT2D eigenvalue weighted by atomic mass is 16.2. The summed E-state index contributed by atoms with van der Waals surface area (Å²) in [5.41, 5.74) is 11.7. The highest BCUT2D eigenvalue weighted by molar-refractivity contribution is 5.96. The number of ketones is 2. The van der Waals surface area contributed by atoms with Crippen LogP contribution in [0.3, 0.4) is 0 Å². The Balaban J connectivity index is 2.71. The van der Waals surface area contributed by atoms with E-state index in [0.717, 1.165) is 24.8 Å². The van der Waals surface area contributed by atoms with E-state index in [4.69, 9.17) is 11.5 Å². The Hall–Kier alpha value is -4.29. The van der Waals surface area contributed by atoms with E-state index in [1.165, 1.54) is 71.3 Å². The minimum absolute atomic E-state index is 0.0537. The molecular weight excluding hydrogens is 747 g/mol. The average Bonchev–Trinajstić information content (AvgIpc) is 3.19. The molecule has 334 valence electrons. The SMILES string of the molecule is CCCCCCCCCCCCCCCC(=O)N[C@@H](CC(C)C)C(=O)N[C@@H](C)C(=O)C[C@@H](C)C(=O)N[C@@H](Cc1ccccc1)C(=O)C[C@@H](CCCN=C(N)N)C(=O)NC. The molecule has 0 heterocycles. The van der Waals surface area contributed by atoms with Crippen LogP contribution in [0.25, 0.3) is 0 Å². The van der Waals surface area contributed by atoms with Crippen LogP contribution in [-0.4, -0.2) is 72.9 Å². The van der Waals surface area contributed by atoms with Gasteiger partial charge in [0.1, 0.15) is 6.04 Å². The van der Waals surface area contributed by atoms with Gasteiger partial charge in [0.25, 0.3) is 0 Å². The van der Waals surface area contributed by atoms with Gasteiger partial charge in [-0.2, -0.15) is 0 Å². The number of unbranched alkanes of at least 4 members (excludes halogenated alkanes) is 12. The highest BCUT2D eigenvalue weighted by Crippen LogP contribution is 2.18. The molecule has 13 heteroatoms. The molecule has 0 aromatic heterocycles. The molecule has 0 fully saturated rings. The van der Waals surface area contributed by atoms with Gasteiger partial charge >= 0.3 is 0 Å². The van der Waals surface area contributed by atoms with E-state index >= 15 is 0 Å². The van der Waals surface area contributed by atoms with Crippen LogP contribution in [0.1, 0.15) is 162 Å². The molecule has 0 radical (unpaired) electrons. The topological polar surface area (TPSA) is 215 Å². The number of guanidine groups is 1. The zero-order chi connectivity index (χ0) is 44.0. The van der Waals surface area contributed by atoms with Crippen molar-refractivity contribution < 1.29 is 28.8 Å². The number of carbonyl (C=O) groups excluding carboxylic acids is 6. The van der Waals surface area contributed by atoms with E-state index in [2.05, 4.69) is 33.2 Å². The molecule has 1 aromatic carbocycles. The lowest BCUT2D eigenvalue weighted by Crippen LogP contribution is -2.51. The van der Waals surface area contributed by atoms with Gasteiger partial charge in [-0.05, 0) is 50.5 Å². The summed E-state index contributed by atoms with van der Waals surface area (Å²) in [5.74, 6) is -3.46. The van der Waals surface area contributed by atoms with Crippen molar-refractivity contribution in [3.8, 4) is 0 Å². The van der Waals surface area contributed by atoms with Crippen LogP contribution in [0.15, 0.2) is 35.3 Å².